The number of para-hydroxylation sites is 1. The lowest BCUT2D eigenvalue weighted by Crippen LogP contribution is -2.47. The minimum atomic E-state index is -4.57. The van der Waals surface area contributed by atoms with Crippen LogP contribution < -0.4 is 14.3 Å². The second kappa shape index (κ2) is 13.2. The molecular formula is C29H38F2N5O8P. The zero-order valence-electron chi connectivity index (χ0n) is 25.5. The highest BCUT2D eigenvalue weighted by Gasteiger charge is 2.65. The number of hydrogen-bond acceptors (Lipinski definition) is 11. The van der Waals surface area contributed by atoms with Crippen molar-refractivity contribution in [3.05, 3.63) is 42.5 Å². The van der Waals surface area contributed by atoms with Crippen LogP contribution in [0.4, 0.5) is 8.78 Å². The largest absolute Gasteiger partial charge is 0.476 e. The van der Waals surface area contributed by atoms with E-state index in [4.69, 9.17) is 23.3 Å². The Balaban J connectivity index is 1.37. The molecule has 3 heterocycles. The van der Waals surface area contributed by atoms with Crippen LogP contribution in [0.2, 0.25) is 0 Å². The van der Waals surface area contributed by atoms with Crippen molar-refractivity contribution < 1.29 is 46.5 Å². The standard InChI is InChI=1S/C29H38F2N5O8P/c1-5-40-24-22-23(33-19(3)34-24)36(17-32-22)27-28(4,30)26(38)29(31,43-27)16-41-45(39,44-21-14-10-7-11-15-21)35-18(2)25(37)42-20-12-8-6-9-13-20/h7,10-11,14-15,17-18,20,26-27,38H,5-6,8-9,12-13,16H2,1-4H3,(H,35,39)/t18?,26-,27+,28+,29+,45-/m0/s1. The summed E-state index contributed by atoms with van der Waals surface area (Å²) in [5.41, 5.74) is -2.48. The Kier molecular flexibility index (Phi) is 9.76. The topological polar surface area (TPSA) is 156 Å². The lowest BCUT2D eigenvalue weighted by molar-refractivity contribution is -0.202. The lowest BCUT2D eigenvalue weighted by atomic mass is 9.97. The molecule has 2 fully saturated rings. The Bertz CT molecular complexity index is 1540. The van der Waals surface area contributed by atoms with Crippen LogP contribution in [0.15, 0.2) is 36.7 Å². The molecule has 1 aliphatic heterocycles. The summed E-state index contributed by atoms with van der Waals surface area (Å²) in [7, 11) is -4.57. The van der Waals surface area contributed by atoms with Gasteiger partial charge < -0.3 is 23.8 Å². The van der Waals surface area contributed by atoms with Gasteiger partial charge >= 0.3 is 13.7 Å². The molecule has 2 aromatic heterocycles. The number of hydrogen-bond donors (Lipinski definition) is 2. The molecule has 13 nitrogen and oxygen atoms in total. The van der Waals surface area contributed by atoms with Gasteiger partial charge in [0.05, 0.1) is 12.9 Å². The van der Waals surface area contributed by atoms with E-state index in [2.05, 4.69) is 20.0 Å². The third-order valence-corrected chi connectivity index (χ3v) is 9.33. The Morgan fingerprint density at radius 3 is 2.62 bits per heavy atom. The van der Waals surface area contributed by atoms with Gasteiger partial charge in [-0.3, -0.25) is 13.9 Å². The van der Waals surface area contributed by atoms with E-state index in [1.165, 1.54) is 25.4 Å². The summed E-state index contributed by atoms with van der Waals surface area (Å²) in [6.07, 6.45) is 1.09. The molecular weight excluding hydrogens is 615 g/mol. The van der Waals surface area contributed by atoms with E-state index >= 15 is 8.78 Å². The number of carbonyl (C=O) groups is 1. The molecule has 1 aromatic carbocycles. The fourth-order valence-electron chi connectivity index (χ4n) is 5.39. The van der Waals surface area contributed by atoms with Crippen LogP contribution in [0.5, 0.6) is 11.6 Å². The van der Waals surface area contributed by atoms with Gasteiger partial charge in [-0.15, -0.1) is 0 Å². The summed E-state index contributed by atoms with van der Waals surface area (Å²) in [6, 6.07) is 6.68. The summed E-state index contributed by atoms with van der Waals surface area (Å²) in [5, 5.41) is 13.4. The summed E-state index contributed by atoms with van der Waals surface area (Å²) in [4.78, 5) is 25.5. The van der Waals surface area contributed by atoms with Gasteiger partial charge in [0.2, 0.25) is 5.88 Å². The smallest absolute Gasteiger partial charge is 0.459 e. The molecule has 45 heavy (non-hydrogen) atoms. The number of benzene rings is 1. The van der Waals surface area contributed by atoms with Gasteiger partial charge in [0, 0.05) is 0 Å². The number of halogens is 2. The monoisotopic (exact) mass is 653 g/mol. The van der Waals surface area contributed by atoms with E-state index in [0.717, 1.165) is 43.6 Å². The highest BCUT2D eigenvalue weighted by molar-refractivity contribution is 7.52. The molecule has 3 aromatic rings. The molecule has 0 bridgehead atoms. The van der Waals surface area contributed by atoms with Gasteiger partial charge in [-0.1, -0.05) is 24.6 Å². The van der Waals surface area contributed by atoms with Crippen molar-refractivity contribution in [1.29, 1.82) is 0 Å². The predicted molar refractivity (Wildman–Crippen MR) is 157 cm³/mol. The lowest BCUT2D eigenvalue weighted by Gasteiger charge is -2.28. The molecule has 0 spiro atoms. The first-order chi connectivity index (χ1) is 21.3. The molecule has 0 amide bonds. The van der Waals surface area contributed by atoms with E-state index in [0.29, 0.717) is 0 Å². The average Bonchev–Trinajstić information content (AvgIpc) is 3.50. The number of esters is 1. The Morgan fingerprint density at radius 2 is 1.93 bits per heavy atom. The van der Waals surface area contributed by atoms with Crippen LogP contribution in [0.3, 0.4) is 0 Å². The number of carbonyl (C=O) groups excluding carboxylic acids is 1. The molecule has 0 radical (unpaired) electrons. The highest BCUT2D eigenvalue weighted by atomic mass is 31.2. The molecule has 6 atom stereocenters. The Hall–Kier alpha value is -3.23. The van der Waals surface area contributed by atoms with Crippen LogP contribution >= 0.6 is 7.75 Å². The summed E-state index contributed by atoms with van der Waals surface area (Å²) >= 11 is 0. The van der Waals surface area contributed by atoms with Crippen molar-refractivity contribution >= 4 is 24.9 Å². The van der Waals surface area contributed by atoms with Gasteiger partial charge in [0.15, 0.2) is 29.2 Å². The third kappa shape index (κ3) is 7.12. The zero-order chi connectivity index (χ0) is 32.4. The molecule has 1 saturated carbocycles. The Labute approximate surface area is 259 Å². The molecule has 16 heteroatoms. The molecule has 246 valence electrons. The van der Waals surface area contributed by atoms with Gasteiger partial charge in [-0.2, -0.15) is 10.1 Å². The maximum Gasteiger partial charge on any atom is 0.459 e. The van der Waals surface area contributed by atoms with Crippen molar-refractivity contribution in [3.8, 4) is 11.6 Å². The number of rotatable bonds is 12. The number of alkyl halides is 2. The fraction of sp³-hybridized carbons (Fsp3) is 0.586. The van der Waals surface area contributed by atoms with Crippen molar-refractivity contribution in [2.24, 2.45) is 0 Å². The molecule has 5 rings (SSSR count). The average molecular weight is 654 g/mol. The second-order valence-corrected chi connectivity index (χ2v) is 13.1. The SMILES string of the molecule is CCOc1nc(C)nc2c1ncn2[C@@H]1O[C@](F)(CO[P@@](=O)(NC(C)C(=O)OC2CCCCC2)Oc2ccccc2)[C@@H](O)[C@@]1(C)F. The minimum Gasteiger partial charge on any atom is -0.476 e. The number of imidazole rings is 1. The summed E-state index contributed by atoms with van der Waals surface area (Å²) in [6.45, 7) is 4.74. The number of ether oxygens (including phenoxy) is 3. The molecule has 2 aliphatic rings. The minimum absolute atomic E-state index is 0.0835. The van der Waals surface area contributed by atoms with E-state index < -0.39 is 50.2 Å². The van der Waals surface area contributed by atoms with Crippen molar-refractivity contribution in [3.63, 3.8) is 0 Å². The van der Waals surface area contributed by atoms with Crippen LogP contribution in [0, 0.1) is 6.92 Å². The molecule has 2 N–H and O–H groups in total. The first kappa shape index (κ1) is 33.1. The number of aromatic nitrogens is 4. The molecule has 1 unspecified atom stereocenters. The Morgan fingerprint density at radius 1 is 1.22 bits per heavy atom. The highest BCUT2D eigenvalue weighted by Crippen LogP contribution is 2.52. The van der Waals surface area contributed by atoms with Crippen LogP contribution in [0.25, 0.3) is 11.2 Å². The maximum atomic E-state index is 16.4. The van der Waals surface area contributed by atoms with Crippen molar-refractivity contribution in [1.82, 2.24) is 24.6 Å². The summed E-state index contributed by atoms with van der Waals surface area (Å²) < 4.78 is 75.2. The number of nitrogens with one attached hydrogen (secondary N) is 1. The quantitative estimate of drug-likeness (QED) is 0.202. The van der Waals surface area contributed by atoms with Crippen LogP contribution in [0.1, 0.15) is 64.9 Å². The number of fused-ring (bicyclic) bond motifs is 1. The van der Waals surface area contributed by atoms with E-state index in [9.17, 15) is 14.5 Å². The van der Waals surface area contributed by atoms with Gasteiger partial charge in [0.1, 0.15) is 30.3 Å². The molecule has 1 aliphatic carbocycles. The van der Waals surface area contributed by atoms with Gasteiger partial charge in [-0.05, 0) is 65.5 Å². The maximum absolute atomic E-state index is 16.4. The first-order valence-corrected chi connectivity index (χ1v) is 16.4. The fourth-order valence-corrected chi connectivity index (χ4v) is 6.89. The van der Waals surface area contributed by atoms with E-state index in [1.54, 1.807) is 32.0 Å². The zero-order valence-corrected chi connectivity index (χ0v) is 26.4. The number of aryl methyl sites for hydroxylation is 1. The number of nitrogens with zero attached hydrogens (tertiary/aromatic N) is 4. The number of aliphatic hydroxyl groups is 1. The van der Waals surface area contributed by atoms with Crippen molar-refractivity contribution in [2.75, 3.05) is 13.2 Å². The van der Waals surface area contributed by atoms with Crippen LogP contribution in [-0.2, 0) is 23.4 Å². The summed E-state index contributed by atoms with van der Waals surface area (Å²) in [5.74, 6) is -3.41. The van der Waals surface area contributed by atoms with E-state index in [-0.39, 0.29) is 41.3 Å². The molecule has 1 saturated heterocycles. The van der Waals surface area contributed by atoms with Gasteiger partial charge in [0.25, 0.3) is 5.85 Å². The van der Waals surface area contributed by atoms with E-state index in [1.807, 2.05) is 0 Å². The predicted octanol–water partition coefficient (Wildman–Crippen LogP) is 4.87. The second-order valence-electron chi connectivity index (χ2n) is 11.4. The normalized spacial score (nSPS) is 27.6. The third-order valence-electron chi connectivity index (χ3n) is 7.71. The van der Waals surface area contributed by atoms with Crippen molar-refractivity contribution in [2.45, 2.75) is 95.8 Å². The van der Waals surface area contributed by atoms with Gasteiger partial charge in [-0.25, -0.2) is 23.3 Å². The number of aliphatic hydroxyl groups excluding tert-OH is 1. The van der Waals surface area contributed by atoms with Crippen LogP contribution in [-0.4, -0.2) is 73.6 Å². The first-order valence-electron chi connectivity index (χ1n) is 14.9.